The summed E-state index contributed by atoms with van der Waals surface area (Å²) in [5.74, 6) is -0.194. The lowest BCUT2D eigenvalue weighted by Crippen LogP contribution is -2.16. The molecule has 0 aliphatic heterocycles. The zero-order chi connectivity index (χ0) is 18.8. The van der Waals surface area contributed by atoms with E-state index in [0.717, 1.165) is 11.1 Å². The highest BCUT2D eigenvalue weighted by atomic mass is 16.5. The number of para-hydroxylation sites is 1. The summed E-state index contributed by atoms with van der Waals surface area (Å²) < 4.78 is 15.6. The molecule has 0 N–H and O–H groups in total. The Morgan fingerprint density at radius 3 is 2.67 bits per heavy atom. The molecule has 0 atom stereocenters. The Balaban J connectivity index is 1.49. The number of hydrogen-bond acceptors (Lipinski definition) is 6. The van der Waals surface area contributed by atoms with Gasteiger partial charge in [0.25, 0.3) is 0 Å². The molecule has 0 aliphatic rings. The molecule has 0 saturated carbocycles. The maximum absolute atomic E-state index is 12.3. The SMILES string of the molecule is Cc1ccc(-c2cc(COC(=O)c3cc4ccccc4oc3=O)no2)cc1. The van der Waals surface area contributed by atoms with Gasteiger partial charge < -0.3 is 13.7 Å². The van der Waals surface area contributed by atoms with Crippen molar-refractivity contribution >= 4 is 16.9 Å². The Bertz CT molecular complexity index is 1170. The molecule has 6 nitrogen and oxygen atoms in total. The normalized spacial score (nSPS) is 10.9. The number of aromatic nitrogens is 1. The van der Waals surface area contributed by atoms with Crippen molar-refractivity contribution < 1.29 is 18.5 Å². The minimum atomic E-state index is -0.769. The molecule has 0 saturated heterocycles. The van der Waals surface area contributed by atoms with Crippen LogP contribution in [-0.2, 0) is 11.3 Å². The van der Waals surface area contributed by atoms with Crippen molar-refractivity contribution in [3.63, 3.8) is 0 Å². The zero-order valence-corrected chi connectivity index (χ0v) is 14.5. The van der Waals surface area contributed by atoms with Crippen LogP contribution in [-0.4, -0.2) is 11.1 Å². The van der Waals surface area contributed by atoms with E-state index in [1.807, 2.05) is 31.2 Å². The second-order valence-corrected chi connectivity index (χ2v) is 6.11. The molecule has 4 rings (SSSR count). The first-order chi connectivity index (χ1) is 13.1. The lowest BCUT2D eigenvalue weighted by atomic mass is 10.1. The van der Waals surface area contributed by atoms with Gasteiger partial charge in [-0.1, -0.05) is 53.2 Å². The molecule has 0 unspecified atom stereocenters. The summed E-state index contributed by atoms with van der Waals surface area (Å²) in [6.07, 6.45) is 0. The second kappa shape index (κ2) is 6.92. The average Bonchev–Trinajstić information content (AvgIpc) is 3.15. The molecule has 134 valence electrons. The van der Waals surface area contributed by atoms with Gasteiger partial charge in [0, 0.05) is 17.0 Å². The van der Waals surface area contributed by atoms with Crippen molar-refractivity contribution in [2.45, 2.75) is 13.5 Å². The molecular formula is C21H15NO5. The van der Waals surface area contributed by atoms with E-state index in [-0.39, 0.29) is 12.2 Å². The van der Waals surface area contributed by atoms with E-state index in [0.29, 0.717) is 22.4 Å². The van der Waals surface area contributed by atoms with Gasteiger partial charge in [-0.2, -0.15) is 0 Å². The lowest BCUT2D eigenvalue weighted by molar-refractivity contribution is 0.0459. The number of carbonyl (C=O) groups is 1. The maximum Gasteiger partial charge on any atom is 0.351 e. The van der Waals surface area contributed by atoms with Crippen molar-refractivity contribution in [3.8, 4) is 11.3 Å². The second-order valence-electron chi connectivity index (χ2n) is 6.11. The molecule has 0 spiro atoms. The van der Waals surface area contributed by atoms with Crippen LogP contribution in [0.2, 0.25) is 0 Å². The van der Waals surface area contributed by atoms with E-state index in [9.17, 15) is 9.59 Å². The highest BCUT2D eigenvalue weighted by molar-refractivity contribution is 5.92. The Labute approximate surface area is 154 Å². The fourth-order valence-corrected chi connectivity index (χ4v) is 2.66. The first kappa shape index (κ1) is 16.8. The predicted octanol–water partition coefficient (Wildman–Crippen LogP) is 4.11. The minimum absolute atomic E-state index is 0.111. The average molecular weight is 361 g/mol. The van der Waals surface area contributed by atoms with Crippen LogP contribution in [0.1, 0.15) is 21.6 Å². The van der Waals surface area contributed by atoms with Crippen LogP contribution in [0.5, 0.6) is 0 Å². The lowest BCUT2D eigenvalue weighted by Gasteiger charge is -2.02. The van der Waals surface area contributed by atoms with Crippen molar-refractivity contribution in [2.75, 3.05) is 0 Å². The smallest absolute Gasteiger partial charge is 0.351 e. The van der Waals surface area contributed by atoms with Gasteiger partial charge in [0.05, 0.1) is 0 Å². The molecule has 2 heterocycles. The number of fused-ring (bicyclic) bond motifs is 1. The van der Waals surface area contributed by atoms with Crippen LogP contribution >= 0.6 is 0 Å². The van der Waals surface area contributed by atoms with Gasteiger partial charge in [-0.05, 0) is 19.1 Å². The van der Waals surface area contributed by atoms with Crippen LogP contribution in [0.15, 0.2) is 74.4 Å². The third-order valence-corrected chi connectivity index (χ3v) is 4.11. The standard InChI is InChI=1S/C21H15NO5/c1-13-6-8-14(9-7-13)19-11-16(22-27-19)12-25-20(23)17-10-15-4-2-3-5-18(15)26-21(17)24/h2-11H,12H2,1H3. The molecule has 0 aliphatic carbocycles. The van der Waals surface area contributed by atoms with Gasteiger partial charge in [-0.25, -0.2) is 9.59 Å². The Kier molecular flexibility index (Phi) is 4.30. The van der Waals surface area contributed by atoms with Gasteiger partial charge in [-0.15, -0.1) is 0 Å². The van der Waals surface area contributed by atoms with E-state index < -0.39 is 11.6 Å². The van der Waals surface area contributed by atoms with Gasteiger partial charge in [0.15, 0.2) is 5.76 Å². The largest absolute Gasteiger partial charge is 0.455 e. The maximum atomic E-state index is 12.3. The summed E-state index contributed by atoms with van der Waals surface area (Å²) in [4.78, 5) is 24.3. The molecule has 0 amide bonds. The third-order valence-electron chi connectivity index (χ3n) is 4.11. The van der Waals surface area contributed by atoms with Crippen molar-refractivity contribution in [3.05, 3.63) is 87.9 Å². The van der Waals surface area contributed by atoms with E-state index in [4.69, 9.17) is 13.7 Å². The number of aryl methyl sites for hydroxylation is 1. The predicted molar refractivity (Wildman–Crippen MR) is 98.3 cm³/mol. The Morgan fingerprint density at radius 2 is 1.85 bits per heavy atom. The van der Waals surface area contributed by atoms with Crippen LogP contribution < -0.4 is 5.63 Å². The first-order valence-corrected chi connectivity index (χ1v) is 8.33. The molecule has 0 fully saturated rings. The third kappa shape index (κ3) is 3.50. The van der Waals surface area contributed by atoms with Crippen LogP contribution in [0, 0.1) is 6.92 Å². The van der Waals surface area contributed by atoms with Crippen molar-refractivity contribution in [2.24, 2.45) is 0 Å². The van der Waals surface area contributed by atoms with E-state index in [1.54, 1.807) is 30.3 Å². The number of esters is 1. The Morgan fingerprint density at radius 1 is 1.07 bits per heavy atom. The molecule has 6 heteroatoms. The van der Waals surface area contributed by atoms with Gasteiger partial charge in [0.2, 0.25) is 0 Å². The van der Waals surface area contributed by atoms with E-state index in [2.05, 4.69) is 5.16 Å². The molecule has 27 heavy (non-hydrogen) atoms. The molecule has 4 aromatic rings. The number of nitrogens with zero attached hydrogens (tertiary/aromatic N) is 1. The summed E-state index contributed by atoms with van der Waals surface area (Å²) >= 11 is 0. The van der Waals surface area contributed by atoms with Crippen LogP contribution in [0.3, 0.4) is 0 Å². The van der Waals surface area contributed by atoms with Gasteiger partial charge >= 0.3 is 11.6 Å². The highest BCUT2D eigenvalue weighted by Crippen LogP contribution is 2.21. The Hall–Kier alpha value is -3.67. The first-order valence-electron chi connectivity index (χ1n) is 8.33. The summed E-state index contributed by atoms with van der Waals surface area (Å²) in [6.45, 7) is 1.89. The number of benzene rings is 2. The number of rotatable bonds is 4. The van der Waals surface area contributed by atoms with Crippen molar-refractivity contribution in [1.82, 2.24) is 5.16 Å². The molecule has 0 bridgehead atoms. The topological polar surface area (TPSA) is 82.5 Å². The monoisotopic (exact) mass is 361 g/mol. The zero-order valence-electron chi connectivity index (χ0n) is 14.5. The van der Waals surface area contributed by atoms with Gasteiger partial charge in [-0.3, -0.25) is 0 Å². The van der Waals surface area contributed by atoms with E-state index >= 15 is 0 Å². The summed E-state index contributed by atoms with van der Waals surface area (Å²) in [5, 5.41) is 4.54. The molecule has 2 aromatic heterocycles. The van der Waals surface area contributed by atoms with Crippen molar-refractivity contribution in [1.29, 1.82) is 0 Å². The van der Waals surface area contributed by atoms with E-state index in [1.165, 1.54) is 6.07 Å². The van der Waals surface area contributed by atoms with Crippen LogP contribution in [0.4, 0.5) is 0 Å². The summed E-state index contributed by atoms with van der Waals surface area (Å²) in [5.41, 5.74) is 1.99. The number of ether oxygens (including phenoxy) is 1. The molecule has 2 aromatic carbocycles. The minimum Gasteiger partial charge on any atom is -0.455 e. The quantitative estimate of drug-likeness (QED) is 0.402. The molecule has 0 radical (unpaired) electrons. The summed E-state index contributed by atoms with van der Waals surface area (Å²) in [6, 6.07) is 17.9. The summed E-state index contributed by atoms with van der Waals surface area (Å²) in [7, 11) is 0. The van der Waals surface area contributed by atoms with Crippen LogP contribution in [0.25, 0.3) is 22.3 Å². The number of carbonyl (C=O) groups excluding carboxylic acids is 1. The fourth-order valence-electron chi connectivity index (χ4n) is 2.66. The van der Waals surface area contributed by atoms with Gasteiger partial charge in [0.1, 0.15) is 23.4 Å². The molecular weight excluding hydrogens is 346 g/mol. The number of hydrogen-bond donors (Lipinski definition) is 0. The fraction of sp³-hybridized carbons (Fsp3) is 0.0952. The highest BCUT2D eigenvalue weighted by Gasteiger charge is 2.16.